The van der Waals surface area contributed by atoms with Crippen LogP contribution in [0.4, 0.5) is 5.82 Å². The number of hydrogen-bond donors (Lipinski definition) is 3. The topological polar surface area (TPSA) is 95.3 Å². The Hall–Kier alpha value is -2.47. The van der Waals surface area contributed by atoms with E-state index < -0.39 is 0 Å². The predicted molar refractivity (Wildman–Crippen MR) is 149 cm³/mol. The van der Waals surface area contributed by atoms with Crippen molar-refractivity contribution < 1.29 is 0 Å². The monoisotopic (exact) mass is 577 g/mol. The van der Waals surface area contributed by atoms with E-state index in [2.05, 4.69) is 80.1 Å². The summed E-state index contributed by atoms with van der Waals surface area (Å²) >= 11 is 0. The molecule has 2 aromatic heterocycles. The Morgan fingerprint density at radius 3 is 2.79 bits per heavy atom. The van der Waals surface area contributed by atoms with Crippen LogP contribution >= 0.6 is 24.0 Å². The number of rotatable bonds is 8. The zero-order valence-corrected chi connectivity index (χ0v) is 22.6. The fourth-order valence-corrected chi connectivity index (χ4v) is 4.36. The van der Waals surface area contributed by atoms with Crippen molar-refractivity contribution in [3.8, 4) is 0 Å². The van der Waals surface area contributed by atoms with Crippen molar-refractivity contribution in [2.75, 3.05) is 31.5 Å². The molecule has 1 aliphatic heterocycles. The van der Waals surface area contributed by atoms with Crippen LogP contribution in [0.25, 0.3) is 11.0 Å². The molecule has 10 heteroatoms. The fourth-order valence-electron chi connectivity index (χ4n) is 4.36. The summed E-state index contributed by atoms with van der Waals surface area (Å²) in [5.74, 6) is 1.67. The fraction of sp³-hybridized carbons (Fsp3) is 0.500. The van der Waals surface area contributed by atoms with Crippen LogP contribution < -0.4 is 16.0 Å². The van der Waals surface area contributed by atoms with E-state index in [9.17, 15) is 0 Å². The average Bonchev–Trinajstić information content (AvgIpc) is 3.21. The number of benzene rings is 1. The summed E-state index contributed by atoms with van der Waals surface area (Å²) in [5.41, 5.74) is 2.20. The maximum absolute atomic E-state index is 4.77. The first-order valence-corrected chi connectivity index (χ1v) is 11.8. The zero-order valence-electron chi connectivity index (χ0n) is 20.2. The highest BCUT2D eigenvalue weighted by atomic mass is 127. The van der Waals surface area contributed by atoms with Crippen molar-refractivity contribution in [1.82, 2.24) is 35.3 Å². The number of guanidine groups is 1. The van der Waals surface area contributed by atoms with Crippen LogP contribution in [0, 0.1) is 0 Å². The van der Waals surface area contributed by atoms with Gasteiger partial charge >= 0.3 is 0 Å². The summed E-state index contributed by atoms with van der Waals surface area (Å²) in [6, 6.07) is 11.7. The Balaban J connectivity index is 0.00000324. The first-order chi connectivity index (χ1) is 16.1. The average molecular weight is 578 g/mol. The van der Waals surface area contributed by atoms with E-state index in [1.165, 1.54) is 5.56 Å². The van der Waals surface area contributed by atoms with Gasteiger partial charge in [-0.1, -0.05) is 30.3 Å². The molecule has 184 valence electrons. The van der Waals surface area contributed by atoms with Gasteiger partial charge in [0.1, 0.15) is 12.1 Å². The van der Waals surface area contributed by atoms with Crippen LogP contribution in [-0.4, -0.2) is 68.9 Å². The Kier molecular flexibility index (Phi) is 9.87. The van der Waals surface area contributed by atoms with Gasteiger partial charge in [0.15, 0.2) is 11.6 Å². The first kappa shape index (κ1) is 26.1. The second-order valence-corrected chi connectivity index (χ2v) is 8.59. The summed E-state index contributed by atoms with van der Waals surface area (Å²) in [6.07, 6.45) is 5.57. The third kappa shape index (κ3) is 6.78. The van der Waals surface area contributed by atoms with Gasteiger partial charge in [-0.05, 0) is 32.3 Å². The van der Waals surface area contributed by atoms with Gasteiger partial charge in [-0.3, -0.25) is 14.6 Å². The third-order valence-electron chi connectivity index (χ3n) is 6.13. The van der Waals surface area contributed by atoms with E-state index in [-0.39, 0.29) is 24.0 Å². The molecule has 3 heterocycles. The van der Waals surface area contributed by atoms with Gasteiger partial charge in [0.25, 0.3) is 0 Å². The van der Waals surface area contributed by atoms with Gasteiger partial charge in [0.2, 0.25) is 0 Å². The van der Waals surface area contributed by atoms with Gasteiger partial charge in [-0.2, -0.15) is 5.10 Å². The largest absolute Gasteiger partial charge is 0.367 e. The van der Waals surface area contributed by atoms with Crippen molar-refractivity contribution in [2.24, 2.45) is 12.0 Å². The molecular weight excluding hydrogens is 541 g/mol. The molecule has 3 N–H and O–H groups in total. The van der Waals surface area contributed by atoms with E-state index in [4.69, 9.17) is 4.99 Å². The van der Waals surface area contributed by atoms with Crippen LogP contribution in [0.2, 0.25) is 0 Å². The molecule has 2 unspecified atom stereocenters. The normalized spacial score (nSPS) is 19.0. The molecule has 9 nitrogen and oxygen atoms in total. The third-order valence-corrected chi connectivity index (χ3v) is 6.13. The Morgan fingerprint density at radius 2 is 2.03 bits per heavy atom. The van der Waals surface area contributed by atoms with Gasteiger partial charge in [0, 0.05) is 45.3 Å². The van der Waals surface area contributed by atoms with E-state index in [1.54, 1.807) is 17.2 Å². The van der Waals surface area contributed by atoms with Crippen molar-refractivity contribution in [2.45, 2.75) is 45.3 Å². The highest BCUT2D eigenvalue weighted by Gasteiger charge is 2.25. The lowest BCUT2D eigenvalue weighted by Crippen LogP contribution is -2.51. The molecule has 4 rings (SSSR count). The molecule has 0 saturated carbocycles. The van der Waals surface area contributed by atoms with Gasteiger partial charge < -0.3 is 16.0 Å². The number of aromatic nitrogens is 4. The van der Waals surface area contributed by atoms with Gasteiger partial charge in [0.05, 0.1) is 18.1 Å². The minimum atomic E-state index is 0. The van der Waals surface area contributed by atoms with E-state index in [1.807, 2.05) is 7.05 Å². The number of nitrogens with one attached hydrogen (secondary N) is 3. The zero-order chi connectivity index (χ0) is 23.0. The van der Waals surface area contributed by atoms with Gasteiger partial charge in [-0.15, -0.1) is 24.0 Å². The lowest BCUT2D eigenvalue weighted by atomic mass is 9.97. The van der Waals surface area contributed by atoms with Gasteiger partial charge in [-0.25, -0.2) is 9.97 Å². The number of halogens is 1. The van der Waals surface area contributed by atoms with Crippen molar-refractivity contribution in [3.05, 3.63) is 48.4 Å². The molecule has 0 amide bonds. The number of nitrogens with zero attached hydrogens (tertiary/aromatic N) is 6. The summed E-state index contributed by atoms with van der Waals surface area (Å²) in [5, 5.41) is 15.6. The lowest BCUT2D eigenvalue weighted by Gasteiger charge is -2.38. The minimum absolute atomic E-state index is 0. The molecule has 3 aromatic rings. The second-order valence-electron chi connectivity index (χ2n) is 8.59. The van der Waals surface area contributed by atoms with E-state index >= 15 is 0 Å². The molecule has 1 saturated heterocycles. The molecular formula is C24H36IN9. The minimum Gasteiger partial charge on any atom is -0.367 e. The molecule has 1 aromatic carbocycles. The Labute approximate surface area is 218 Å². The predicted octanol–water partition coefficient (Wildman–Crippen LogP) is 3.00. The molecule has 0 radical (unpaired) electrons. The quantitative estimate of drug-likeness (QED) is 0.164. The molecule has 34 heavy (non-hydrogen) atoms. The molecule has 1 aliphatic rings. The number of hydrogen-bond acceptors (Lipinski definition) is 6. The summed E-state index contributed by atoms with van der Waals surface area (Å²) in [7, 11) is 1.88. The summed E-state index contributed by atoms with van der Waals surface area (Å²) in [4.78, 5) is 16.0. The van der Waals surface area contributed by atoms with E-state index in [0.29, 0.717) is 25.2 Å². The maximum Gasteiger partial charge on any atom is 0.191 e. The highest BCUT2D eigenvalue weighted by Crippen LogP contribution is 2.20. The molecule has 2 atom stereocenters. The standard InChI is InChI=1S/C24H35N9.HI/c1-4-25-24(27-12-11-26-22-21-15-30-32(3)23(21)29-17-28-22)31-20-10-13-33(18(2)14-20)16-19-8-6-5-7-9-19;/h5-9,15,17-18,20H,4,10-14,16H2,1-3H3,(H2,25,27,31)(H,26,28,29);1H. The summed E-state index contributed by atoms with van der Waals surface area (Å²) < 4.78 is 1.75. The van der Waals surface area contributed by atoms with Crippen LogP contribution in [0.3, 0.4) is 0 Å². The highest BCUT2D eigenvalue weighted by molar-refractivity contribution is 14.0. The number of piperidine rings is 1. The smallest absolute Gasteiger partial charge is 0.191 e. The van der Waals surface area contributed by atoms with Crippen LogP contribution in [0.5, 0.6) is 0 Å². The number of aliphatic imine (C=N–C) groups is 1. The molecule has 0 aliphatic carbocycles. The van der Waals surface area contributed by atoms with Crippen LogP contribution in [0.1, 0.15) is 32.3 Å². The molecule has 0 bridgehead atoms. The molecule has 0 spiro atoms. The Bertz CT molecular complexity index is 1050. The van der Waals surface area contributed by atoms with Crippen molar-refractivity contribution in [3.63, 3.8) is 0 Å². The van der Waals surface area contributed by atoms with Crippen LogP contribution in [0.15, 0.2) is 47.8 Å². The van der Waals surface area contributed by atoms with Crippen molar-refractivity contribution >= 4 is 46.8 Å². The van der Waals surface area contributed by atoms with Crippen molar-refractivity contribution in [1.29, 1.82) is 0 Å². The summed E-state index contributed by atoms with van der Waals surface area (Å²) in [6.45, 7) is 8.69. The number of aryl methyl sites for hydroxylation is 1. The Morgan fingerprint density at radius 1 is 1.21 bits per heavy atom. The lowest BCUT2D eigenvalue weighted by molar-refractivity contribution is 0.134. The molecule has 1 fully saturated rings. The number of likely N-dealkylation sites (tertiary alicyclic amines) is 1. The van der Waals surface area contributed by atoms with Crippen LogP contribution in [-0.2, 0) is 13.6 Å². The first-order valence-electron chi connectivity index (χ1n) is 11.8. The number of fused-ring (bicyclic) bond motifs is 1. The van der Waals surface area contributed by atoms with E-state index in [0.717, 1.165) is 55.3 Å². The SMILES string of the molecule is CCNC(=NCCNc1ncnc2c1cnn2C)NC1CCN(Cc2ccccc2)C(C)C1.I. The number of anilines is 1. The maximum atomic E-state index is 4.77. The second kappa shape index (κ2) is 12.8.